The Balaban J connectivity index is 3.63. The van der Waals surface area contributed by atoms with Crippen LogP contribution in [0.3, 0.4) is 0 Å². The van der Waals surface area contributed by atoms with Crippen molar-refractivity contribution in [2.75, 3.05) is 0 Å². The summed E-state index contributed by atoms with van der Waals surface area (Å²) in [5, 5.41) is 0. The second kappa shape index (κ2) is 6.95. The highest BCUT2D eigenvalue weighted by atomic mass is 28.4. The summed E-state index contributed by atoms with van der Waals surface area (Å²) in [5.74, 6) is 0. The lowest BCUT2D eigenvalue weighted by molar-refractivity contribution is 0.472. The molecule has 0 aliphatic heterocycles. The second-order valence-electron chi connectivity index (χ2n) is 3.78. The largest absolute Gasteiger partial charge is 0.549 e. The first-order valence-corrected chi connectivity index (χ1v) is 8.23. The van der Waals surface area contributed by atoms with Gasteiger partial charge in [-0.1, -0.05) is 32.4 Å². The van der Waals surface area contributed by atoms with Gasteiger partial charge in [-0.05, 0) is 31.6 Å². The van der Waals surface area contributed by atoms with Crippen molar-refractivity contribution in [1.29, 1.82) is 0 Å². The molecule has 0 N–H and O–H groups in total. The molecule has 0 unspecified atom stereocenters. The number of hydrogen-bond donors (Lipinski definition) is 0. The Kier molecular flexibility index (Phi) is 6.68. The van der Waals surface area contributed by atoms with E-state index in [9.17, 15) is 0 Å². The SMILES string of the molecule is CCCC=CC=CO[Si](C)(C)CC. The maximum atomic E-state index is 5.67. The molecular weight excluding hydrogens is 176 g/mol. The highest BCUT2D eigenvalue weighted by Gasteiger charge is 2.18. The maximum Gasteiger partial charge on any atom is 0.244 e. The number of hydrogen-bond acceptors (Lipinski definition) is 1. The Labute approximate surface area is 83.6 Å². The lowest BCUT2D eigenvalue weighted by Gasteiger charge is -2.18. The van der Waals surface area contributed by atoms with Crippen LogP contribution in [0.25, 0.3) is 0 Å². The fourth-order valence-electron chi connectivity index (χ4n) is 0.694. The first-order chi connectivity index (χ1) is 6.12. The summed E-state index contributed by atoms with van der Waals surface area (Å²) in [6.07, 6.45) is 10.4. The van der Waals surface area contributed by atoms with Gasteiger partial charge in [0.25, 0.3) is 0 Å². The fourth-order valence-corrected chi connectivity index (χ4v) is 1.31. The van der Waals surface area contributed by atoms with Crippen molar-refractivity contribution in [3.63, 3.8) is 0 Å². The minimum absolute atomic E-state index is 1.15. The monoisotopic (exact) mass is 198 g/mol. The maximum absolute atomic E-state index is 5.67. The molecule has 0 aromatic rings. The average molecular weight is 198 g/mol. The van der Waals surface area contributed by atoms with Crippen molar-refractivity contribution in [2.24, 2.45) is 0 Å². The molecule has 0 saturated carbocycles. The summed E-state index contributed by atoms with van der Waals surface area (Å²) in [6.45, 7) is 8.82. The predicted molar refractivity (Wildman–Crippen MR) is 62.2 cm³/mol. The van der Waals surface area contributed by atoms with Crippen LogP contribution in [0.5, 0.6) is 0 Å². The number of rotatable bonds is 6. The van der Waals surface area contributed by atoms with Crippen molar-refractivity contribution in [3.8, 4) is 0 Å². The molecule has 0 aromatic carbocycles. The number of allylic oxidation sites excluding steroid dienone is 3. The highest BCUT2D eigenvalue weighted by Crippen LogP contribution is 2.09. The van der Waals surface area contributed by atoms with Crippen molar-refractivity contribution in [2.45, 2.75) is 45.8 Å². The Bertz CT molecular complexity index is 171. The van der Waals surface area contributed by atoms with Crippen LogP contribution >= 0.6 is 0 Å². The van der Waals surface area contributed by atoms with Gasteiger partial charge in [-0.15, -0.1) is 0 Å². The Morgan fingerprint density at radius 2 is 1.85 bits per heavy atom. The van der Waals surface area contributed by atoms with E-state index in [4.69, 9.17) is 4.43 Å². The first-order valence-electron chi connectivity index (χ1n) is 5.12. The standard InChI is InChI=1S/C11H22OSi/c1-5-7-8-9-10-11-12-13(3,4)6-2/h8-11H,5-7H2,1-4H3. The molecule has 0 aliphatic rings. The van der Waals surface area contributed by atoms with Crippen LogP contribution in [0, 0.1) is 0 Å². The van der Waals surface area contributed by atoms with Gasteiger partial charge in [0.15, 0.2) is 0 Å². The summed E-state index contributed by atoms with van der Waals surface area (Å²) in [4.78, 5) is 0. The van der Waals surface area contributed by atoms with E-state index in [2.05, 4.69) is 39.1 Å². The van der Waals surface area contributed by atoms with Crippen LogP contribution in [0.15, 0.2) is 24.5 Å². The third-order valence-electron chi connectivity index (χ3n) is 2.02. The fraction of sp³-hybridized carbons (Fsp3) is 0.636. The Morgan fingerprint density at radius 3 is 2.38 bits per heavy atom. The molecule has 0 heterocycles. The summed E-state index contributed by atoms with van der Waals surface area (Å²) in [6, 6.07) is 1.16. The molecule has 0 radical (unpaired) electrons. The molecular formula is C11H22OSi. The predicted octanol–water partition coefficient (Wildman–Crippen LogP) is 4.10. The molecule has 0 amide bonds. The van der Waals surface area contributed by atoms with Gasteiger partial charge in [0, 0.05) is 0 Å². The minimum atomic E-state index is -1.37. The van der Waals surface area contributed by atoms with Crippen molar-refractivity contribution in [3.05, 3.63) is 24.5 Å². The van der Waals surface area contributed by atoms with Gasteiger partial charge in [0.05, 0.1) is 6.26 Å². The lowest BCUT2D eigenvalue weighted by Crippen LogP contribution is -2.26. The zero-order chi connectivity index (χ0) is 10.2. The smallest absolute Gasteiger partial charge is 0.244 e. The molecule has 0 rings (SSSR count). The van der Waals surface area contributed by atoms with E-state index < -0.39 is 8.32 Å². The molecule has 13 heavy (non-hydrogen) atoms. The molecule has 0 saturated heterocycles. The van der Waals surface area contributed by atoms with Crippen LogP contribution in [-0.4, -0.2) is 8.32 Å². The van der Waals surface area contributed by atoms with Crippen LogP contribution < -0.4 is 0 Å². The van der Waals surface area contributed by atoms with Gasteiger partial charge in [-0.2, -0.15) is 0 Å². The molecule has 1 nitrogen and oxygen atoms in total. The van der Waals surface area contributed by atoms with E-state index in [-0.39, 0.29) is 0 Å². The molecule has 0 fully saturated rings. The van der Waals surface area contributed by atoms with Gasteiger partial charge in [-0.25, -0.2) is 0 Å². The van der Waals surface area contributed by atoms with E-state index in [0.717, 1.165) is 12.5 Å². The van der Waals surface area contributed by atoms with Gasteiger partial charge in [-0.3, -0.25) is 0 Å². The van der Waals surface area contributed by atoms with Crippen LogP contribution in [0.2, 0.25) is 19.1 Å². The third kappa shape index (κ3) is 7.84. The summed E-state index contributed by atoms with van der Waals surface area (Å²) in [5.41, 5.74) is 0. The molecule has 0 spiro atoms. The van der Waals surface area contributed by atoms with E-state index in [1.54, 1.807) is 0 Å². The van der Waals surface area contributed by atoms with Gasteiger partial charge < -0.3 is 4.43 Å². The first kappa shape index (κ1) is 12.5. The zero-order valence-electron chi connectivity index (χ0n) is 9.34. The molecule has 0 aliphatic carbocycles. The average Bonchev–Trinajstić information content (AvgIpc) is 2.11. The molecule has 0 bridgehead atoms. The van der Waals surface area contributed by atoms with Crippen LogP contribution in [0.1, 0.15) is 26.7 Å². The zero-order valence-corrected chi connectivity index (χ0v) is 10.3. The molecule has 0 atom stereocenters. The van der Waals surface area contributed by atoms with E-state index >= 15 is 0 Å². The van der Waals surface area contributed by atoms with Crippen molar-refractivity contribution < 1.29 is 4.43 Å². The highest BCUT2D eigenvalue weighted by molar-refractivity contribution is 6.71. The van der Waals surface area contributed by atoms with E-state index in [1.165, 1.54) is 6.42 Å². The van der Waals surface area contributed by atoms with Gasteiger partial charge >= 0.3 is 0 Å². The van der Waals surface area contributed by atoms with Crippen LogP contribution in [-0.2, 0) is 4.43 Å². The second-order valence-corrected chi connectivity index (χ2v) is 8.24. The molecule has 0 aromatic heterocycles. The quantitative estimate of drug-likeness (QED) is 0.355. The lowest BCUT2D eigenvalue weighted by atomic mass is 10.3. The Morgan fingerprint density at radius 1 is 1.15 bits per heavy atom. The van der Waals surface area contributed by atoms with E-state index in [1.807, 2.05) is 12.3 Å². The topological polar surface area (TPSA) is 9.23 Å². The summed E-state index contributed by atoms with van der Waals surface area (Å²) in [7, 11) is -1.37. The molecule has 76 valence electrons. The summed E-state index contributed by atoms with van der Waals surface area (Å²) < 4.78 is 5.67. The van der Waals surface area contributed by atoms with Crippen molar-refractivity contribution >= 4 is 8.32 Å². The summed E-state index contributed by atoms with van der Waals surface area (Å²) >= 11 is 0. The van der Waals surface area contributed by atoms with E-state index in [0.29, 0.717) is 0 Å². The Hall–Kier alpha value is -0.503. The third-order valence-corrected chi connectivity index (χ3v) is 4.50. The van der Waals surface area contributed by atoms with Crippen molar-refractivity contribution in [1.82, 2.24) is 0 Å². The molecule has 2 heteroatoms. The number of unbranched alkanes of at least 4 members (excludes halogenated alkanes) is 1. The van der Waals surface area contributed by atoms with Gasteiger partial charge in [0.1, 0.15) is 0 Å². The normalized spacial score (nSPS) is 12.9. The van der Waals surface area contributed by atoms with Gasteiger partial charge in [0.2, 0.25) is 8.32 Å². The van der Waals surface area contributed by atoms with Crippen LogP contribution in [0.4, 0.5) is 0 Å². The minimum Gasteiger partial charge on any atom is -0.549 e.